The number of hydrogen-bond donors (Lipinski definition) is 0. The van der Waals surface area contributed by atoms with E-state index in [2.05, 4.69) is 48.6 Å². The number of rotatable bonds is 8. The molecule has 8 rings (SSSR count). The maximum atomic E-state index is 4.99. The quantitative estimate of drug-likeness (QED) is 0.179. The van der Waals surface area contributed by atoms with Gasteiger partial charge in [0.05, 0.1) is 0 Å². The van der Waals surface area contributed by atoms with Gasteiger partial charge in [0, 0.05) is 13.2 Å². The van der Waals surface area contributed by atoms with Crippen LogP contribution in [0.25, 0.3) is 0 Å². The van der Waals surface area contributed by atoms with E-state index in [9.17, 15) is 0 Å². The van der Waals surface area contributed by atoms with Gasteiger partial charge < -0.3 is 8.85 Å². The Hall–Kier alpha value is -1.94. The molecule has 0 unspecified atom stereocenters. The maximum absolute atomic E-state index is 4.99. The minimum Gasteiger partial charge on any atom is -0.399 e. The third-order valence-corrected chi connectivity index (χ3v) is 15.7. The molecule has 0 amide bonds. The molecular formula is C60H100O2Si. The van der Waals surface area contributed by atoms with E-state index in [-0.39, 0.29) is 0 Å². The van der Waals surface area contributed by atoms with E-state index in [4.69, 9.17) is 8.85 Å². The highest BCUT2D eigenvalue weighted by Crippen LogP contribution is 2.33. The fourth-order valence-electron chi connectivity index (χ4n) is 10.7. The van der Waals surface area contributed by atoms with Crippen molar-refractivity contribution in [3.8, 4) is 0 Å². The molecule has 3 heteroatoms. The van der Waals surface area contributed by atoms with Gasteiger partial charge in [0.25, 0.3) is 0 Å². The Morgan fingerprint density at radius 3 is 0.556 bits per heavy atom. The molecular weight excluding hydrogens is 781 g/mol. The zero-order valence-electron chi connectivity index (χ0n) is 41.8. The first-order valence-corrected chi connectivity index (χ1v) is 29.1. The maximum Gasteiger partial charge on any atom is 0.304 e. The SMILES string of the molecule is C1=C(C2=CCCCCC2)CCCCC1.C1=C(C2=CCCCCC2)CCCCC1.C1=C(C2=CCCCCC2)CCCCC1.C1=C(C2=CCCCCC2)CCCCC1.CCO[SiH2]OCC. The first kappa shape index (κ1) is 53.7. The van der Waals surface area contributed by atoms with Crippen LogP contribution in [0.2, 0.25) is 0 Å². The molecule has 0 atom stereocenters. The van der Waals surface area contributed by atoms with E-state index in [1.807, 2.05) is 13.8 Å². The average Bonchev–Trinajstić information content (AvgIpc) is 4.09. The molecule has 0 aromatic heterocycles. The molecule has 8 aliphatic rings. The summed E-state index contributed by atoms with van der Waals surface area (Å²) in [6.45, 7) is 5.55. The van der Waals surface area contributed by atoms with Gasteiger partial charge in [-0.05, 0) is 264 Å². The van der Waals surface area contributed by atoms with E-state index in [0.717, 1.165) is 13.2 Å². The molecule has 0 N–H and O–H groups in total. The Morgan fingerprint density at radius 2 is 0.413 bits per heavy atom. The Bertz CT molecular complexity index is 1130. The zero-order valence-corrected chi connectivity index (χ0v) is 43.3. The van der Waals surface area contributed by atoms with Crippen LogP contribution in [0.5, 0.6) is 0 Å². The van der Waals surface area contributed by atoms with E-state index >= 15 is 0 Å². The predicted octanol–water partition coefficient (Wildman–Crippen LogP) is 19.1. The Kier molecular flexibility index (Phi) is 31.7. The van der Waals surface area contributed by atoms with Crippen LogP contribution in [0.4, 0.5) is 0 Å². The van der Waals surface area contributed by atoms with E-state index < -0.39 is 10.0 Å². The van der Waals surface area contributed by atoms with E-state index in [1.54, 1.807) is 44.6 Å². The molecule has 63 heavy (non-hydrogen) atoms. The molecule has 2 nitrogen and oxygen atoms in total. The van der Waals surface area contributed by atoms with Gasteiger partial charge in [-0.25, -0.2) is 0 Å². The van der Waals surface area contributed by atoms with Crippen molar-refractivity contribution in [2.45, 2.75) is 271 Å². The molecule has 0 bridgehead atoms. The number of allylic oxidation sites excluding steroid dienone is 16. The van der Waals surface area contributed by atoms with Crippen molar-refractivity contribution in [3.63, 3.8) is 0 Å². The highest BCUT2D eigenvalue weighted by atomic mass is 28.3. The highest BCUT2D eigenvalue weighted by molar-refractivity contribution is 6.17. The molecule has 0 heterocycles. The van der Waals surface area contributed by atoms with Crippen LogP contribution in [0.15, 0.2) is 93.2 Å². The van der Waals surface area contributed by atoms with Crippen molar-refractivity contribution in [3.05, 3.63) is 93.2 Å². The van der Waals surface area contributed by atoms with Crippen molar-refractivity contribution in [2.75, 3.05) is 13.2 Å². The normalized spacial score (nSPS) is 22.9. The lowest BCUT2D eigenvalue weighted by Gasteiger charge is -2.09. The standard InChI is InChI=1S/4C14H22.C4H12O2Si/c4*1-2-6-10-13(9-5-1)14-11-7-3-4-8-12-14;1-3-5-7-6-4-2/h4*9,11H,1-8,10,12H2;3-4,7H2,1-2H3. The van der Waals surface area contributed by atoms with Crippen molar-refractivity contribution < 1.29 is 8.85 Å². The lowest BCUT2D eigenvalue weighted by atomic mass is 9.97. The van der Waals surface area contributed by atoms with Crippen molar-refractivity contribution in [1.82, 2.24) is 0 Å². The third kappa shape index (κ3) is 25.0. The first-order valence-electron chi connectivity index (χ1n) is 28.0. The minimum absolute atomic E-state index is 0.589. The van der Waals surface area contributed by atoms with Gasteiger partial charge in [0.15, 0.2) is 0 Å². The highest BCUT2D eigenvalue weighted by Gasteiger charge is 2.13. The average molecular weight is 882 g/mol. The second-order valence-electron chi connectivity index (χ2n) is 19.7. The summed E-state index contributed by atoms with van der Waals surface area (Å²) >= 11 is 0. The molecule has 8 aliphatic carbocycles. The second-order valence-corrected chi connectivity index (χ2v) is 20.8. The molecule has 0 spiro atoms. The molecule has 0 aliphatic heterocycles. The Balaban J connectivity index is 0.000000176. The predicted molar refractivity (Wildman–Crippen MR) is 281 cm³/mol. The van der Waals surface area contributed by atoms with Gasteiger partial charge in [-0.2, -0.15) is 0 Å². The smallest absolute Gasteiger partial charge is 0.304 e. The molecule has 0 saturated carbocycles. The summed E-state index contributed by atoms with van der Waals surface area (Å²) in [6, 6.07) is 0. The summed E-state index contributed by atoms with van der Waals surface area (Å²) in [5, 5.41) is 0. The van der Waals surface area contributed by atoms with Crippen LogP contribution >= 0.6 is 0 Å². The van der Waals surface area contributed by atoms with Crippen LogP contribution in [0.1, 0.15) is 271 Å². The van der Waals surface area contributed by atoms with Crippen molar-refractivity contribution in [2.24, 2.45) is 0 Å². The summed E-state index contributed by atoms with van der Waals surface area (Å²) in [5.41, 5.74) is 13.6. The molecule has 0 radical (unpaired) electrons. The summed E-state index contributed by atoms with van der Waals surface area (Å²) in [6.07, 6.45) is 75.7. The molecule has 0 saturated heterocycles. The van der Waals surface area contributed by atoms with Crippen LogP contribution < -0.4 is 0 Å². The molecule has 356 valence electrons. The lowest BCUT2D eigenvalue weighted by molar-refractivity contribution is 0.240. The second kappa shape index (κ2) is 37.2. The topological polar surface area (TPSA) is 18.5 Å². The summed E-state index contributed by atoms with van der Waals surface area (Å²) in [5.74, 6) is 0. The van der Waals surface area contributed by atoms with Crippen LogP contribution in [-0.4, -0.2) is 23.2 Å². The fourth-order valence-corrected chi connectivity index (χ4v) is 11.1. The number of hydrogen-bond acceptors (Lipinski definition) is 2. The fraction of sp³-hybridized carbons (Fsp3) is 0.733. The molecule has 0 aromatic rings. The Morgan fingerprint density at radius 1 is 0.254 bits per heavy atom. The largest absolute Gasteiger partial charge is 0.399 e. The molecule has 0 fully saturated rings. The van der Waals surface area contributed by atoms with Gasteiger partial charge in [0.1, 0.15) is 0 Å². The van der Waals surface area contributed by atoms with Crippen LogP contribution in [0, 0.1) is 0 Å². The van der Waals surface area contributed by atoms with E-state index in [1.165, 1.54) is 257 Å². The zero-order chi connectivity index (χ0) is 44.1. The minimum atomic E-state index is -0.589. The van der Waals surface area contributed by atoms with Crippen LogP contribution in [-0.2, 0) is 8.85 Å². The van der Waals surface area contributed by atoms with E-state index in [0.29, 0.717) is 0 Å². The van der Waals surface area contributed by atoms with Gasteiger partial charge in [0.2, 0.25) is 0 Å². The third-order valence-electron chi connectivity index (χ3n) is 14.6. The first-order chi connectivity index (χ1) is 31.3. The summed E-state index contributed by atoms with van der Waals surface area (Å²) in [7, 11) is -0.589. The van der Waals surface area contributed by atoms with Gasteiger partial charge in [-0.3, -0.25) is 0 Å². The molecule has 0 aromatic carbocycles. The van der Waals surface area contributed by atoms with Crippen LogP contribution in [0.3, 0.4) is 0 Å². The van der Waals surface area contributed by atoms with Gasteiger partial charge in [-0.1, -0.05) is 100.0 Å². The Labute approximate surface area is 394 Å². The van der Waals surface area contributed by atoms with Gasteiger partial charge >= 0.3 is 10.0 Å². The summed E-state index contributed by atoms with van der Waals surface area (Å²) in [4.78, 5) is 0. The van der Waals surface area contributed by atoms with Gasteiger partial charge in [-0.15, -0.1) is 0 Å². The van der Waals surface area contributed by atoms with Crippen molar-refractivity contribution in [1.29, 1.82) is 0 Å². The van der Waals surface area contributed by atoms with Crippen molar-refractivity contribution >= 4 is 10.0 Å². The monoisotopic (exact) mass is 881 g/mol. The lowest BCUT2D eigenvalue weighted by Crippen LogP contribution is -2.02. The summed E-state index contributed by atoms with van der Waals surface area (Å²) < 4.78 is 9.98.